The van der Waals surface area contributed by atoms with Gasteiger partial charge >= 0.3 is 0 Å². The van der Waals surface area contributed by atoms with Crippen molar-refractivity contribution in [2.24, 2.45) is 0 Å². The molecule has 2 aromatic heterocycles. The Kier molecular flexibility index (Phi) is 6.01. The fourth-order valence-electron chi connectivity index (χ4n) is 2.91. The first-order valence-corrected chi connectivity index (χ1v) is 8.60. The SMILES string of the molecule is CN/C=C(\C(=N)C(F)F)c1ccc(NCc2c(F)cccc2OC)n2cnnc12. The molecule has 3 aromatic rings. The monoisotopic (exact) mass is 404 g/mol. The minimum atomic E-state index is -2.94. The number of methoxy groups -OCH3 is 1. The molecule has 3 rings (SSSR count). The molecule has 152 valence electrons. The van der Waals surface area contributed by atoms with E-state index >= 15 is 0 Å². The topological polar surface area (TPSA) is 87.3 Å². The summed E-state index contributed by atoms with van der Waals surface area (Å²) in [5.74, 6) is 0.503. The van der Waals surface area contributed by atoms with Gasteiger partial charge in [-0.05, 0) is 24.3 Å². The molecule has 1 aromatic carbocycles. The molecular formula is C19H19F3N6O. The number of aromatic nitrogens is 3. The summed E-state index contributed by atoms with van der Waals surface area (Å²) in [6, 6.07) is 7.73. The number of ether oxygens (including phenoxy) is 1. The van der Waals surface area contributed by atoms with E-state index in [4.69, 9.17) is 10.1 Å². The standard InChI is InChI=1S/C19H19F3N6O/c1-24-8-12(17(23)18(21)22)11-6-7-16(28-10-26-27-19(11)28)25-9-13-14(20)4-3-5-15(13)29-2/h3-8,10,18,23-25H,9H2,1-2H3/b12-8-,23-17?. The summed E-state index contributed by atoms with van der Waals surface area (Å²) < 4.78 is 47.1. The lowest BCUT2D eigenvalue weighted by molar-refractivity contribution is 0.226. The quantitative estimate of drug-likeness (QED) is 0.502. The van der Waals surface area contributed by atoms with E-state index in [1.807, 2.05) is 0 Å². The van der Waals surface area contributed by atoms with Crippen molar-refractivity contribution in [3.05, 3.63) is 59.8 Å². The first-order valence-electron chi connectivity index (χ1n) is 8.60. The molecule has 0 unspecified atom stereocenters. The van der Waals surface area contributed by atoms with Crippen LogP contribution in [0.25, 0.3) is 11.2 Å². The number of benzene rings is 1. The highest BCUT2D eigenvalue weighted by molar-refractivity contribution is 6.25. The molecule has 0 spiro atoms. The molecule has 3 N–H and O–H groups in total. The number of halogens is 3. The molecule has 0 fully saturated rings. The lowest BCUT2D eigenvalue weighted by Crippen LogP contribution is -2.15. The first kappa shape index (κ1) is 20.2. The zero-order chi connectivity index (χ0) is 21.0. The van der Waals surface area contributed by atoms with E-state index in [1.54, 1.807) is 35.7 Å². The lowest BCUT2D eigenvalue weighted by atomic mass is 10.0. The molecule has 0 saturated carbocycles. The summed E-state index contributed by atoms with van der Waals surface area (Å²) in [7, 11) is 3.01. The Morgan fingerprint density at radius 2 is 2.10 bits per heavy atom. The number of nitrogens with one attached hydrogen (secondary N) is 3. The van der Waals surface area contributed by atoms with Crippen LogP contribution in [0.1, 0.15) is 11.1 Å². The van der Waals surface area contributed by atoms with Gasteiger partial charge in [0.15, 0.2) is 5.65 Å². The zero-order valence-corrected chi connectivity index (χ0v) is 15.7. The molecule has 0 aliphatic carbocycles. The summed E-state index contributed by atoms with van der Waals surface area (Å²) in [5.41, 5.74) is 0.109. The minimum Gasteiger partial charge on any atom is -0.496 e. The van der Waals surface area contributed by atoms with E-state index in [0.29, 0.717) is 22.7 Å². The van der Waals surface area contributed by atoms with Crippen LogP contribution >= 0.6 is 0 Å². The molecule has 0 radical (unpaired) electrons. The van der Waals surface area contributed by atoms with Gasteiger partial charge in [0, 0.05) is 36.5 Å². The molecule has 7 nitrogen and oxygen atoms in total. The summed E-state index contributed by atoms with van der Waals surface area (Å²) in [5, 5.41) is 21.3. The number of allylic oxidation sites excluding steroid dienone is 1. The van der Waals surface area contributed by atoms with Gasteiger partial charge in [-0.25, -0.2) is 13.2 Å². The Morgan fingerprint density at radius 1 is 1.31 bits per heavy atom. The maximum atomic E-state index is 14.2. The van der Waals surface area contributed by atoms with Crippen molar-refractivity contribution in [2.75, 3.05) is 19.5 Å². The van der Waals surface area contributed by atoms with Gasteiger partial charge in [-0.1, -0.05) is 6.07 Å². The maximum Gasteiger partial charge on any atom is 0.280 e. The number of pyridine rings is 1. The molecule has 0 bridgehead atoms. The summed E-state index contributed by atoms with van der Waals surface area (Å²) >= 11 is 0. The summed E-state index contributed by atoms with van der Waals surface area (Å²) in [6.07, 6.45) is -0.220. The molecule has 0 amide bonds. The summed E-state index contributed by atoms with van der Waals surface area (Å²) in [4.78, 5) is 0. The van der Waals surface area contributed by atoms with Crippen LogP contribution in [0.15, 0.2) is 42.9 Å². The third-order valence-electron chi connectivity index (χ3n) is 4.29. The Hall–Kier alpha value is -3.56. The van der Waals surface area contributed by atoms with E-state index in [9.17, 15) is 13.2 Å². The fraction of sp³-hybridized carbons (Fsp3) is 0.211. The molecular weight excluding hydrogens is 385 g/mol. The molecule has 0 atom stereocenters. The normalized spacial score (nSPS) is 11.7. The van der Waals surface area contributed by atoms with Crippen molar-refractivity contribution in [1.82, 2.24) is 19.9 Å². The van der Waals surface area contributed by atoms with E-state index in [1.165, 1.54) is 25.7 Å². The number of fused-ring (bicyclic) bond motifs is 1. The first-order chi connectivity index (χ1) is 14.0. The average Bonchev–Trinajstić information content (AvgIpc) is 3.20. The zero-order valence-electron chi connectivity index (χ0n) is 15.7. The maximum absolute atomic E-state index is 14.2. The number of rotatable bonds is 8. The highest BCUT2D eigenvalue weighted by atomic mass is 19.3. The van der Waals surface area contributed by atoms with Crippen LogP contribution in [0, 0.1) is 11.2 Å². The molecule has 0 saturated heterocycles. The largest absolute Gasteiger partial charge is 0.496 e. The van der Waals surface area contributed by atoms with Gasteiger partial charge in [-0.15, -0.1) is 10.2 Å². The highest BCUT2D eigenvalue weighted by Gasteiger charge is 2.21. The number of hydrogen-bond acceptors (Lipinski definition) is 6. The van der Waals surface area contributed by atoms with E-state index in [2.05, 4.69) is 20.8 Å². The number of nitrogens with zero attached hydrogens (tertiary/aromatic N) is 3. The number of alkyl halides is 2. The number of hydrogen-bond donors (Lipinski definition) is 3. The van der Waals surface area contributed by atoms with Gasteiger partial charge in [0.2, 0.25) is 0 Å². The van der Waals surface area contributed by atoms with Gasteiger partial charge in [0.1, 0.15) is 29.4 Å². The van der Waals surface area contributed by atoms with Crippen molar-refractivity contribution in [3.8, 4) is 5.75 Å². The van der Waals surface area contributed by atoms with Crippen LogP contribution in [0.5, 0.6) is 5.75 Å². The van der Waals surface area contributed by atoms with E-state index in [0.717, 1.165) is 0 Å². The second-order valence-corrected chi connectivity index (χ2v) is 5.99. The van der Waals surface area contributed by atoms with Crippen molar-refractivity contribution >= 4 is 22.7 Å². The third kappa shape index (κ3) is 4.00. The van der Waals surface area contributed by atoms with Crippen LogP contribution in [0.4, 0.5) is 19.0 Å². The van der Waals surface area contributed by atoms with Crippen molar-refractivity contribution in [3.63, 3.8) is 0 Å². The Bertz CT molecular complexity index is 1060. The van der Waals surface area contributed by atoms with Gasteiger partial charge in [0.25, 0.3) is 6.43 Å². The predicted octanol–water partition coefficient (Wildman–Crippen LogP) is 3.33. The van der Waals surface area contributed by atoms with E-state index < -0.39 is 18.0 Å². The Morgan fingerprint density at radius 3 is 2.79 bits per heavy atom. The molecule has 0 aliphatic heterocycles. The lowest BCUT2D eigenvalue weighted by Gasteiger charge is -2.15. The molecule has 2 heterocycles. The van der Waals surface area contributed by atoms with Crippen molar-refractivity contribution in [1.29, 1.82) is 5.41 Å². The second kappa shape index (κ2) is 8.63. The van der Waals surface area contributed by atoms with Gasteiger partial charge in [-0.2, -0.15) is 0 Å². The van der Waals surface area contributed by atoms with Crippen molar-refractivity contribution in [2.45, 2.75) is 13.0 Å². The van der Waals surface area contributed by atoms with Crippen LogP contribution in [0.3, 0.4) is 0 Å². The van der Waals surface area contributed by atoms with Crippen LogP contribution in [-0.2, 0) is 6.54 Å². The minimum absolute atomic E-state index is 0.00261. The van der Waals surface area contributed by atoms with Gasteiger partial charge in [0.05, 0.1) is 7.11 Å². The fourth-order valence-corrected chi connectivity index (χ4v) is 2.91. The van der Waals surface area contributed by atoms with Crippen LogP contribution in [-0.4, -0.2) is 40.9 Å². The van der Waals surface area contributed by atoms with Gasteiger partial charge in [-0.3, -0.25) is 9.81 Å². The van der Waals surface area contributed by atoms with Crippen LogP contribution in [0.2, 0.25) is 0 Å². The Labute approximate surface area is 164 Å². The molecule has 0 aliphatic rings. The van der Waals surface area contributed by atoms with Gasteiger partial charge < -0.3 is 15.4 Å². The average molecular weight is 404 g/mol. The third-order valence-corrected chi connectivity index (χ3v) is 4.29. The van der Waals surface area contributed by atoms with E-state index in [-0.39, 0.29) is 17.8 Å². The second-order valence-electron chi connectivity index (χ2n) is 5.99. The Balaban J connectivity index is 1.98. The predicted molar refractivity (Wildman–Crippen MR) is 104 cm³/mol. The van der Waals surface area contributed by atoms with Crippen LogP contribution < -0.4 is 15.4 Å². The molecule has 10 heteroatoms. The molecule has 29 heavy (non-hydrogen) atoms. The van der Waals surface area contributed by atoms with Crippen molar-refractivity contribution < 1.29 is 17.9 Å². The smallest absolute Gasteiger partial charge is 0.280 e. The summed E-state index contributed by atoms with van der Waals surface area (Å²) in [6.45, 7) is 0.120. The number of anilines is 1. The highest BCUT2D eigenvalue weighted by Crippen LogP contribution is 2.26.